The first-order valence-corrected chi connectivity index (χ1v) is 11.0. The molecule has 0 saturated carbocycles. The van der Waals surface area contributed by atoms with Gasteiger partial charge in [-0.3, -0.25) is 9.59 Å². The number of carbonyl (C=O) groups is 2. The van der Waals surface area contributed by atoms with E-state index >= 15 is 0 Å². The maximum Gasteiger partial charge on any atom is 0.295 e. The lowest BCUT2D eigenvalue weighted by atomic mass is 9.93. The zero-order valence-corrected chi connectivity index (χ0v) is 19.5. The van der Waals surface area contributed by atoms with Crippen LogP contribution in [0.15, 0.2) is 48.0 Å². The van der Waals surface area contributed by atoms with Crippen LogP contribution >= 0.6 is 11.6 Å². The van der Waals surface area contributed by atoms with Crippen LogP contribution in [0.25, 0.3) is 5.76 Å². The van der Waals surface area contributed by atoms with Crippen LogP contribution in [0.1, 0.15) is 49.4 Å². The summed E-state index contributed by atoms with van der Waals surface area (Å²) in [4.78, 5) is 27.3. The number of Topliss-reactive ketones (excluding diaryl/α,β-unsaturated/α-hetero) is 1. The van der Waals surface area contributed by atoms with E-state index in [1.807, 2.05) is 31.2 Å². The van der Waals surface area contributed by atoms with Crippen molar-refractivity contribution in [1.82, 2.24) is 4.90 Å². The van der Waals surface area contributed by atoms with E-state index in [1.54, 1.807) is 12.1 Å². The molecule has 170 valence electrons. The lowest BCUT2D eigenvalue weighted by Gasteiger charge is -2.25. The van der Waals surface area contributed by atoms with E-state index in [-0.39, 0.29) is 24.5 Å². The van der Waals surface area contributed by atoms with Crippen LogP contribution in [0.3, 0.4) is 0 Å². The maximum atomic E-state index is 13.0. The normalized spacial score (nSPS) is 17.9. The minimum Gasteiger partial charge on any atom is -0.507 e. The van der Waals surface area contributed by atoms with Gasteiger partial charge in [-0.15, -0.1) is 0 Å². The van der Waals surface area contributed by atoms with Gasteiger partial charge in [-0.2, -0.15) is 0 Å². The molecule has 1 aliphatic heterocycles. The Morgan fingerprint density at radius 2 is 1.84 bits per heavy atom. The Hall–Kier alpha value is -2.83. The molecule has 6 nitrogen and oxygen atoms in total. The number of ketones is 1. The van der Waals surface area contributed by atoms with E-state index in [2.05, 4.69) is 13.8 Å². The van der Waals surface area contributed by atoms with Crippen molar-refractivity contribution in [3.63, 3.8) is 0 Å². The average Bonchev–Trinajstić information content (AvgIpc) is 3.03. The van der Waals surface area contributed by atoms with E-state index in [0.717, 1.165) is 11.1 Å². The predicted octanol–water partition coefficient (Wildman–Crippen LogP) is 4.93. The van der Waals surface area contributed by atoms with Crippen molar-refractivity contribution >= 4 is 29.1 Å². The summed E-state index contributed by atoms with van der Waals surface area (Å²) in [6.45, 7) is 6.96. The lowest BCUT2D eigenvalue weighted by Crippen LogP contribution is -2.32. The highest BCUT2D eigenvalue weighted by atomic mass is 35.5. The molecule has 1 saturated heterocycles. The van der Waals surface area contributed by atoms with E-state index in [9.17, 15) is 14.7 Å². The van der Waals surface area contributed by atoms with Gasteiger partial charge in [0, 0.05) is 19.2 Å². The first kappa shape index (κ1) is 23.8. The number of ether oxygens (including phenoxy) is 2. The molecule has 7 heteroatoms. The Labute approximate surface area is 193 Å². The van der Waals surface area contributed by atoms with Crippen molar-refractivity contribution in [2.45, 2.75) is 32.7 Å². The summed E-state index contributed by atoms with van der Waals surface area (Å²) in [5, 5.41) is 11.4. The smallest absolute Gasteiger partial charge is 0.295 e. The van der Waals surface area contributed by atoms with E-state index in [4.69, 9.17) is 21.1 Å². The number of aliphatic hydroxyl groups is 1. The van der Waals surface area contributed by atoms with Crippen molar-refractivity contribution in [3.8, 4) is 5.75 Å². The number of likely N-dealkylation sites (tertiary alicyclic amines) is 1. The molecule has 0 aromatic heterocycles. The van der Waals surface area contributed by atoms with Crippen LogP contribution in [0.5, 0.6) is 5.75 Å². The molecule has 1 heterocycles. The van der Waals surface area contributed by atoms with Gasteiger partial charge in [-0.25, -0.2) is 0 Å². The zero-order valence-electron chi connectivity index (χ0n) is 18.7. The first-order valence-electron chi connectivity index (χ1n) is 10.6. The molecule has 1 amide bonds. The van der Waals surface area contributed by atoms with Gasteiger partial charge in [0.1, 0.15) is 11.5 Å². The molecule has 0 unspecified atom stereocenters. The van der Waals surface area contributed by atoms with Gasteiger partial charge in [-0.05, 0) is 42.2 Å². The van der Waals surface area contributed by atoms with Crippen molar-refractivity contribution in [1.29, 1.82) is 0 Å². The highest BCUT2D eigenvalue weighted by Crippen LogP contribution is 2.40. The first-order chi connectivity index (χ1) is 15.3. The SMILES string of the molecule is CCOc1ccc(C(O)=C2C(=O)C(=O)N(CCOC)[C@@H]2c2ccc(C(C)C)cc2)cc1Cl. The van der Waals surface area contributed by atoms with Crippen LogP contribution in [0.4, 0.5) is 0 Å². The molecule has 1 atom stereocenters. The number of rotatable bonds is 8. The van der Waals surface area contributed by atoms with Gasteiger partial charge in [0.15, 0.2) is 0 Å². The Morgan fingerprint density at radius 1 is 1.16 bits per heavy atom. The second-order valence-electron chi connectivity index (χ2n) is 7.88. The second kappa shape index (κ2) is 10.2. The highest BCUT2D eigenvalue weighted by molar-refractivity contribution is 6.46. The standard InChI is InChI=1S/C25H28ClNO5/c1-5-32-20-11-10-18(14-19(20)26)23(28)21-22(17-8-6-16(7-9-17)15(2)3)27(12-13-31-4)25(30)24(21)29/h6-11,14-15,22,28H,5,12-13H2,1-4H3/t22-/m1/s1. The number of hydrogen-bond acceptors (Lipinski definition) is 5. The molecule has 1 fully saturated rings. The number of methoxy groups -OCH3 is 1. The Bertz CT molecular complexity index is 1030. The second-order valence-corrected chi connectivity index (χ2v) is 8.29. The number of benzene rings is 2. The van der Waals surface area contributed by atoms with Crippen LogP contribution in [-0.2, 0) is 14.3 Å². The van der Waals surface area contributed by atoms with Gasteiger partial charge in [0.2, 0.25) is 0 Å². The molecule has 0 spiro atoms. The Kier molecular flexibility index (Phi) is 7.59. The summed E-state index contributed by atoms with van der Waals surface area (Å²) in [5.74, 6) is -0.853. The fraction of sp³-hybridized carbons (Fsp3) is 0.360. The molecule has 3 rings (SSSR count). The summed E-state index contributed by atoms with van der Waals surface area (Å²) in [7, 11) is 1.53. The van der Waals surface area contributed by atoms with Gasteiger partial charge in [0.05, 0.1) is 29.9 Å². The molecule has 1 aliphatic rings. The minimum atomic E-state index is -0.735. The van der Waals surface area contributed by atoms with Crippen LogP contribution < -0.4 is 4.74 Å². The number of amides is 1. The van der Waals surface area contributed by atoms with Crippen molar-refractivity contribution < 1.29 is 24.2 Å². The third kappa shape index (κ3) is 4.66. The highest BCUT2D eigenvalue weighted by Gasteiger charge is 2.45. The number of aliphatic hydroxyl groups excluding tert-OH is 1. The summed E-state index contributed by atoms with van der Waals surface area (Å²) >= 11 is 6.28. The molecule has 0 aliphatic carbocycles. The molecule has 0 bridgehead atoms. The van der Waals surface area contributed by atoms with Crippen molar-refractivity contribution in [2.75, 3.05) is 26.9 Å². The average molecular weight is 458 g/mol. The van der Waals surface area contributed by atoms with E-state index in [1.165, 1.54) is 18.1 Å². The number of hydrogen-bond donors (Lipinski definition) is 1. The van der Waals surface area contributed by atoms with Crippen molar-refractivity contribution in [3.05, 3.63) is 69.8 Å². The summed E-state index contributed by atoms with van der Waals surface area (Å²) in [6.07, 6.45) is 0. The summed E-state index contributed by atoms with van der Waals surface area (Å²) in [5.41, 5.74) is 2.25. The quantitative estimate of drug-likeness (QED) is 0.345. The van der Waals surface area contributed by atoms with Gasteiger partial charge >= 0.3 is 0 Å². The fourth-order valence-corrected chi connectivity index (χ4v) is 4.02. The Balaban J connectivity index is 2.12. The van der Waals surface area contributed by atoms with Gasteiger partial charge < -0.3 is 19.5 Å². The molecular formula is C25H28ClNO5. The topological polar surface area (TPSA) is 76.1 Å². The van der Waals surface area contributed by atoms with Crippen LogP contribution in [0, 0.1) is 0 Å². The summed E-state index contributed by atoms with van der Waals surface area (Å²) in [6, 6.07) is 11.8. The minimum absolute atomic E-state index is 0.0311. The van der Waals surface area contributed by atoms with Crippen LogP contribution in [0.2, 0.25) is 5.02 Å². The summed E-state index contributed by atoms with van der Waals surface area (Å²) < 4.78 is 10.6. The third-order valence-corrected chi connectivity index (χ3v) is 5.80. The van der Waals surface area contributed by atoms with Gasteiger partial charge in [0.25, 0.3) is 11.7 Å². The lowest BCUT2D eigenvalue weighted by molar-refractivity contribution is -0.140. The fourth-order valence-electron chi connectivity index (χ4n) is 3.79. The number of carbonyl (C=O) groups excluding carboxylic acids is 2. The molecular weight excluding hydrogens is 430 g/mol. The van der Waals surface area contributed by atoms with Crippen LogP contribution in [-0.4, -0.2) is 48.6 Å². The largest absolute Gasteiger partial charge is 0.507 e. The van der Waals surface area contributed by atoms with Crippen molar-refractivity contribution in [2.24, 2.45) is 0 Å². The molecule has 1 N–H and O–H groups in total. The number of nitrogens with zero attached hydrogens (tertiary/aromatic N) is 1. The zero-order chi connectivity index (χ0) is 23.4. The molecule has 32 heavy (non-hydrogen) atoms. The maximum absolute atomic E-state index is 13.0. The number of halogens is 1. The molecule has 0 radical (unpaired) electrons. The molecule has 2 aromatic carbocycles. The Morgan fingerprint density at radius 3 is 2.41 bits per heavy atom. The predicted molar refractivity (Wildman–Crippen MR) is 124 cm³/mol. The monoisotopic (exact) mass is 457 g/mol. The van der Waals surface area contributed by atoms with E-state index < -0.39 is 17.7 Å². The van der Waals surface area contributed by atoms with Gasteiger partial charge in [-0.1, -0.05) is 49.7 Å². The third-order valence-electron chi connectivity index (χ3n) is 5.50. The van der Waals surface area contributed by atoms with E-state index in [0.29, 0.717) is 28.9 Å². The molecule has 2 aromatic rings.